The zero-order valence-corrected chi connectivity index (χ0v) is 20.6. The SMILES string of the molecule is C[C@@H]1C2CCC(CC2)[C@H]1Nc1nc(-c2c[nH]c3c(F)cc(F)cc23)nc2cc(-c3ccccc3)ccc12. The van der Waals surface area contributed by atoms with Gasteiger partial charge in [-0.3, -0.25) is 0 Å². The van der Waals surface area contributed by atoms with Crippen LogP contribution < -0.4 is 5.32 Å². The highest BCUT2D eigenvalue weighted by atomic mass is 19.1. The van der Waals surface area contributed by atoms with Gasteiger partial charge in [0.05, 0.1) is 11.0 Å². The first-order valence-electron chi connectivity index (χ1n) is 13.2. The van der Waals surface area contributed by atoms with E-state index in [2.05, 4.69) is 47.6 Å². The lowest BCUT2D eigenvalue weighted by molar-refractivity contribution is 0.0929. The Hall–Kier alpha value is -3.80. The maximum Gasteiger partial charge on any atom is 0.164 e. The van der Waals surface area contributed by atoms with Crippen molar-refractivity contribution in [1.29, 1.82) is 0 Å². The van der Waals surface area contributed by atoms with E-state index in [4.69, 9.17) is 9.97 Å². The highest BCUT2D eigenvalue weighted by molar-refractivity contribution is 5.98. The normalized spacial score (nSPS) is 23.1. The third-order valence-corrected chi connectivity index (χ3v) is 8.69. The smallest absolute Gasteiger partial charge is 0.164 e. The Kier molecular flexibility index (Phi) is 5.24. The number of aromatic nitrogens is 3. The van der Waals surface area contributed by atoms with Gasteiger partial charge in [-0.2, -0.15) is 0 Å². The van der Waals surface area contributed by atoms with Gasteiger partial charge in [0, 0.05) is 34.6 Å². The molecule has 2 aromatic heterocycles. The summed E-state index contributed by atoms with van der Waals surface area (Å²) in [6.45, 7) is 2.36. The van der Waals surface area contributed by atoms with Crippen LogP contribution in [0.3, 0.4) is 0 Å². The first-order chi connectivity index (χ1) is 18.0. The molecule has 2 atom stereocenters. The molecule has 8 rings (SSSR count). The monoisotopic (exact) mass is 494 g/mol. The van der Waals surface area contributed by atoms with Crippen LogP contribution in [-0.4, -0.2) is 21.0 Å². The number of hydrogen-bond donors (Lipinski definition) is 2. The summed E-state index contributed by atoms with van der Waals surface area (Å²) in [7, 11) is 0. The van der Waals surface area contributed by atoms with Crippen molar-refractivity contribution in [3.8, 4) is 22.5 Å². The van der Waals surface area contributed by atoms with Crippen molar-refractivity contribution >= 4 is 27.6 Å². The third kappa shape index (κ3) is 3.78. The van der Waals surface area contributed by atoms with Gasteiger partial charge in [0.1, 0.15) is 17.5 Å². The van der Waals surface area contributed by atoms with Gasteiger partial charge < -0.3 is 10.3 Å². The third-order valence-electron chi connectivity index (χ3n) is 8.69. The summed E-state index contributed by atoms with van der Waals surface area (Å²) >= 11 is 0. The number of nitrogens with zero attached hydrogens (tertiary/aromatic N) is 2. The van der Waals surface area contributed by atoms with Gasteiger partial charge in [-0.25, -0.2) is 18.7 Å². The number of fused-ring (bicyclic) bond motifs is 5. The molecule has 6 heteroatoms. The second kappa shape index (κ2) is 8.65. The summed E-state index contributed by atoms with van der Waals surface area (Å²) in [5.74, 6) is 1.94. The largest absolute Gasteiger partial charge is 0.366 e. The molecule has 0 radical (unpaired) electrons. The summed E-state index contributed by atoms with van der Waals surface area (Å²) in [5.41, 5.74) is 3.81. The molecule has 2 N–H and O–H groups in total. The van der Waals surface area contributed by atoms with Crippen LogP contribution in [0.2, 0.25) is 0 Å². The van der Waals surface area contributed by atoms with Crippen LogP contribution in [0.15, 0.2) is 66.9 Å². The summed E-state index contributed by atoms with van der Waals surface area (Å²) in [6.07, 6.45) is 6.80. The summed E-state index contributed by atoms with van der Waals surface area (Å²) in [4.78, 5) is 12.9. The average Bonchev–Trinajstić information content (AvgIpc) is 3.35. The highest BCUT2D eigenvalue weighted by Crippen LogP contribution is 2.46. The number of rotatable bonds is 4. The molecule has 0 saturated heterocycles. The second-order valence-electron chi connectivity index (χ2n) is 10.7. The van der Waals surface area contributed by atoms with Gasteiger partial charge in [0.2, 0.25) is 0 Å². The first kappa shape index (κ1) is 22.4. The van der Waals surface area contributed by atoms with Crippen LogP contribution in [0.1, 0.15) is 32.6 Å². The number of halogens is 2. The van der Waals surface area contributed by atoms with Crippen molar-refractivity contribution in [3.05, 3.63) is 78.5 Å². The summed E-state index contributed by atoms with van der Waals surface area (Å²) in [5, 5.41) is 5.22. The predicted octanol–water partition coefficient (Wildman–Crippen LogP) is 7.96. The van der Waals surface area contributed by atoms with Gasteiger partial charge in [0.15, 0.2) is 5.82 Å². The highest BCUT2D eigenvalue weighted by Gasteiger charge is 2.41. The zero-order valence-electron chi connectivity index (χ0n) is 20.6. The van der Waals surface area contributed by atoms with E-state index in [1.165, 1.54) is 31.7 Å². The van der Waals surface area contributed by atoms with Crippen molar-refractivity contribution in [2.24, 2.45) is 17.8 Å². The molecule has 3 fully saturated rings. The second-order valence-corrected chi connectivity index (χ2v) is 10.7. The first-order valence-corrected chi connectivity index (χ1v) is 13.2. The van der Waals surface area contributed by atoms with E-state index in [0.29, 0.717) is 34.7 Å². The minimum Gasteiger partial charge on any atom is -0.366 e. The van der Waals surface area contributed by atoms with Crippen LogP contribution in [-0.2, 0) is 0 Å². The number of H-pyrrole nitrogens is 1. The molecule has 2 bridgehead atoms. The molecule has 3 aliphatic carbocycles. The Morgan fingerprint density at radius 2 is 1.62 bits per heavy atom. The van der Waals surface area contributed by atoms with E-state index in [0.717, 1.165) is 39.8 Å². The lowest BCUT2D eigenvalue weighted by Gasteiger charge is -2.47. The fraction of sp³-hybridized carbons (Fsp3) is 0.290. The molecule has 37 heavy (non-hydrogen) atoms. The van der Waals surface area contributed by atoms with Gasteiger partial charge >= 0.3 is 0 Å². The van der Waals surface area contributed by atoms with E-state index < -0.39 is 11.6 Å². The number of nitrogens with one attached hydrogen (secondary N) is 2. The van der Waals surface area contributed by atoms with Gasteiger partial charge in [-0.1, -0.05) is 43.3 Å². The number of hydrogen-bond acceptors (Lipinski definition) is 3. The molecule has 0 spiro atoms. The van der Waals surface area contributed by atoms with Crippen molar-refractivity contribution in [2.75, 3.05) is 5.32 Å². The quantitative estimate of drug-likeness (QED) is 0.266. The summed E-state index contributed by atoms with van der Waals surface area (Å²) in [6, 6.07) is 19.1. The molecule has 3 aliphatic rings. The van der Waals surface area contributed by atoms with Crippen LogP contribution in [0.25, 0.3) is 44.3 Å². The Balaban J connectivity index is 1.40. The topological polar surface area (TPSA) is 53.6 Å². The Morgan fingerprint density at radius 1 is 0.838 bits per heavy atom. The predicted molar refractivity (Wildman–Crippen MR) is 144 cm³/mol. The van der Waals surface area contributed by atoms with Gasteiger partial charge in [-0.15, -0.1) is 0 Å². The molecule has 3 aromatic carbocycles. The molecular weight excluding hydrogens is 466 g/mol. The number of benzene rings is 3. The molecular formula is C31H28F2N4. The molecule has 4 nitrogen and oxygen atoms in total. The number of aromatic amines is 1. The van der Waals surface area contributed by atoms with Crippen LogP contribution in [0.4, 0.5) is 14.6 Å². The van der Waals surface area contributed by atoms with Gasteiger partial charge in [-0.05, 0) is 72.8 Å². The van der Waals surface area contributed by atoms with Crippen LogP contribution in [0, 0.1) is 29.4 Å². The Labute approximate surface area is 214 Å². The average molecular weight is 495 g/mol. The number of anilines is 1. The van der Waals surface area contributed by atoms with Crippen molar-refractivity contribution in [1.82, 2.24) is 15.0 Å². The fourth-order valence-electron chi connectivity index (χ4n) is 6.67. The maximum absolute atomic E-state index is 14.5. The maximum atomic E-state index is 14.5. The molecule has 186 valence electrons. The van der Waals surface area contributed by atoms with Crippen molar-refractivity contribution in [3.63, 3.8) is 0 Å². The molecule has 3 saturated carbocycles. The minimum atomic E-state index is -0.626. The summed E-state index contributed by atoms with van der Waals surface area (Å²) < 4.78 is 28.6. The van der Waals surface area contributed by atoms with E-state index in [1.807, 2.05) is 18.2 Å². The molecule has 2 heterocycles. The zero-order chi connectivity index (χ0) is 25.1. The molecule has 0 amide bonds. The van der Waals surface area contributed by atoms with E-state index in [1.54, 1.807) is 6.20 Å². The lowest BCUT2D eigenvalue weighted by Crippen LogP contribution is -2.47. The Bertz CT molecular complexity index is 1620. The Morgan fingerprint density at radius 3 is 2.41 bits per heavy atom. The van der Waals surface area contributed by atoms with E-state index >= 15 is 0 Å². The van der Waals surface area contributed by atoms with E-state index in [9.17, 15) is 8.78 Å². The van der Waals surface area contributed by atoms with Crippen LogP contribution >= 0.6 is 0 Å². The van der Waals surface area contributed by atoms with E-state index in [-0.39, 0.29) is 5.52 Å². The fourth-order valence-corrected chi connectivity index (χ4v) is 6.67. The van der Waals surface area contributed by atoms with Crippen molar-refractivity contribution < 1.29 is 8.78 Å². The van der Waals surface area contributed by atoms with Crippen LogP contribution in [0.5, 0.6) is 0 Å². The minimum absolute atomic E-state index is 0.255. The molecule has 5 aromatic rings. The lowest BCUT2D eigenvalue weighted by atomic mass is 9.62. The standard InChI is InChI=1S/C31H28F2N4/c1-17-18-7-9-20(10-8-18)28(17)36-30-23-12-11-21(19-5-3-2-4-6-19)13-27(23)35-31(37-30)25-16-34-29-24(25)14-22(32)15-26(29)33/h2-6,11-18,20,28,34H,7-10H2,1H3,(H,35,36,37)/t17-,18?,20?,28+/m1/s1. The molecule has 0 aliphatic heterocycles. The van der Waals surface area contributed by atoms with Gasteiger partial charge in [0.25, 0.3) is 0 Å². The molecule has 0 unspecified atom stereocenters. The van der Waals surface area contributed by atoms with Crippen molar-refractivity contribution in [2.45, 2.75) is 38.6 Å².